The van der Waals surface area contributed by atoms with E-state index in [-0.39, 0.29) is 12.2 Å². The van der Waals surface area contributed by atoms with Crippen molar-refractivity contribution < 1.29 is 5.11 Å². The predicted octanol–water partition coefficient (Wildman–Crippen LogP) is 2.27. The van der Waals surface area contributed by atoms with E-state index in [9.17, 15) is 4.79 Å². The lowest BCUT2D eigenvalue weighted by atomic mass is 10.1. The average Bonchev–Trinajstić information content (AvgIpc) is 3.31. The van der Waals surface area contributed by atoms with Gasteiger partial charge in [0.2, 0.25) is 0 Å². The zero-order valence-corrected chi connectivity index (χ0v) is 12.2. The topological polar surface area (TPSA) is 56.3 Å². The Morgan fingerprint density at radius 2 is 2.05 bits per heavy atom. The van der Waals surface area contributed by atoms with Crippen molar-refractivity contribution in [1.29, 1.82) is 0 Å². The number of aromatic amines is 1. The van der Waals surface area contributed by atoms with E-state index in [0.29, 0.717) is 12.6 Å². The van der Waals surface area contributed by atoms with E-state index >= 15 is 0 Å². The summed E-state index contributed by atoms with van der Waals surface area (Å²) in [5, 5.41) is 9.99. The fraction of sp³-hybridized carbons (Fsp3) is 0.471. The maximum Gasteiger partial charge on any atom is 0.252 e. The number of aliphatic hydroxyl groups is 1. The number of rotatable bonds is 7. The molecule has 0 spiro atoms. The Labute approximate surface area is 124 Å². The van der Waals surface area contributed by atoms with Crippen LogP contribution in [0.3, 0.4) is 0 Å². The van der Waals surface area contributed by atoms with E-state index in [2.05, 4.69) is 9.88 Å². The minimum atomic E-state index is 0.0153. The van der Waals surface area contributed by atoms with Crippen LogP contribution in [0, 0.1) is 0 Å². The minimum Gasteiger partial charge on any atom is -0.396 e. The maximum atomic E-state index is 12.2. The first-order valence-electron chi connectivity index (χ1n) is 7.74. The van der Waals surface area contributed by atoms with Gasteiger partial charge in [-0.2, -0.15) is 0 Å². The molecule has 1 aliphatic rings. The monoisotopic (exact) mass is 286 g/mol. The summed E-state index contributed by atoms with van der Waals surface area (Å²) in [7, 11) is 0. The van der Waals surface area contributed by atoms with Crippen molar-refractivity contribution >= 4 is 10.9 Å². The van der Waals surface area contributed by atoms with E-state index < -0.39 is 0 Å². The van der Waals surface area contributed by atoms with Gasteiger partial charge in [-0.3, -0.25) is 9.69 Å². The van der Waals surface area contributed by atoms with Gasteiger partial charge in [-0.1, -0.05) is 18.2 Å². The molecule has 0 saturated heterocycles. The van der Waals surface area contributed by atoms with Crippen LogP contribution in [0.5, 0.6) is 0 Å². The van der Waals surface area contributed by atoms with Gasteiger partial charge in [-0.15, -0.1) is 0 Å². The molecule has 0 atom stereocenters. The van der Waals surface area contributed by atoms with Crippen molar-refractivity contribution in [2.24, 2.45) is 0 Å². The number of para-hydroxylation sites is 1. The molecular formula is C17H22N2O2. The number of hydrogen-bond donors (Lipinski definition) is 2. The van der Waals surface area contributed by atoms with Gasteiger partial charge in [0.1, 0.15) is 0 Å². The third kappa shape index (κ3) is 3.52. The number of aromatic nitrogens is 1. The van der Waals surface area contributed by atoms with Crippen LogP contribution in [0.15, 0.2) is 35.1 Å². The second kappa shape index (κ2) is 6.41. The Morgan fingerprint density at radius 1 is 1.24 bits per heavy atom. The highest BCUT2D eigenvalue weighted by Gasteiger charge is 2.28. The highest BCUT2D eigenvalue weighted by atomic mass is 16.2. The van der Waals surface area contributed by atoms with Crippen LogP contribution in [0.25, 0.3) is 10.9 Å². The number of fused-ring (bicyclic) bond motifs is 1. The van der Waals surface area contributed by atoms with Crippen LogP contribution >= 0.6 is 0 Å². The van der Waals surface area contributed by atoms with Crippen molar-refractivity contribution in [2.45, 2.75) is 38.3 Å². The van der Waals surface area contributed by atoms with Crippen LogP contribution in [0.1, 0.15) is 31.2 Å². The van der Waals surface area contributed by atoms with Gasteiger partial charge in [-0.25, -0.2) is 0 Å². The maximum absolute atomic E-state index is 12.2. The standard InChI is InChI=1S/C17H22N2O2/c20-10-4-3-9-19(15-7-8-15)12-14-11-13-5-1-2-6-16(13)18-17(14)21/h1-2,5-6,11,15,20H,3-4,7-10,12H2,(H,18,21). The first-order chi connectivity index (χ1) is 10.3. The molecule has 112 valence electrons. The number of H-pyrrole nitrogens is 1. The third-order valence-corrected chi connectivity index (χ3v) is 4.12. The molecule has 0 radical (unpaired) electrons. The first kappa shape index (κ1) is 14.3. The van der Waals surface area contributed by atoms with Gasteiger partial charge < -0.3 is 10.1 Å². The quantitative estimate of drug-likeness (QED) is 0.768. The SMILES string of the molecule is O=c1[nH]c2ccccc2cc1CN(CCCCO)C1CC1. The Hall–Kier alpha value is -1.65. The first-order valence-corrected chi connectivity index (χ1v) is 7.74. The van der Waals surface area contributed by atoms with Gasteiger partial charge in [0.25, 0.3) is 5.56 Å². The lowest BCUT2D eigenvalue weighted by molar-refractivity contribution is 0.228. The summed E-state index contributed by atoms with van der Waals surface area (Å²) in [6, 6.07) is 10.5. The molecule has 4 nitrogen and oxygen atoms in total. The molecule has 1 aliphatic carbocycles. The number of benzene rings is 1. The van der Waals surface area contributed by atoms with Crippen LogP contribution < -0.4 is 5.56 Å². The van der Waals surface area contributed by atoms with Crippen molar-refractivity contribution in [1.82, 2.24) is 9.88 Å². The molecule has 0 aliphatic heterocycles. The van der Waals surface area contributed by atoms with Gasteiger partial charge in [0, 0.05) is 30.3 Å². The summed E-state index contributed by atoms with van der Waals surface area (Å²) in [4.78, 5) is 17.6. The third-order valence-electron chi connectivity index (χ3n) is 4.12. The number of nitrogens with one attached hydrogen (secondary N) is 1. The summed E-state index contributed by atoms with van der Waals surface area (Å²) < 4.78 is 0. The number of pyridine rings is 1. The molecule has 1 saturated carbocycles. The molecule has 0 amide bonds. The molecule has 1 aromatic carbocycles. The zero-order chi connectivity index (χ0) is 14.7. The van der Waals surface area contributed by atoms with Crippen LogP contribution in [-0.4, -0.2) is 34.2 Å². The zero-order valence-electron chi connectivity index (χ0n) is 12.2. The molecule has 4 heteroatoms. The Morgan fingerprint density at radius 3 is 2.81 bits per heavy atom. The summed E-state index contributed by atoms with van der Waals surface area (Å²) >= 11 is 0. The van der Waals surface area contributed by atoms with Crippen molar-refractivity contribution in [3.05, 3.63) is 46.2 Å². The van der Waals surface area contributed by atoms with E-state index in [1.165, 1.54) is 12.8 Å². The average molecular weight is 286 g/mol. The van der Waals surface area contributed by atoms with E-state index in [1.807, 2.05) is 30.3 Å². The smallest absolute Gasteiger partial charge is 0.252 e. The molecule has 1 heterocycles. The highest BCUT2D eigenvalue weighted by molar-refractivity contribution is 5.78. The van der Waals surface area contributed by atoms with Crippen molar-refractivity contribution in [3.63, 3.8) is 0 Å². The largest absolute Gasteiger partial charge is 0.396 e. The Bertz CT molecular complexity index is 661. The fourth-order valence-corrected chi connectivity index (χ4v) is 2.79. The summed E-state index contributed by atoms with van der Waals surface area (Å²) in [5.74, 6) is 0. The Kier molecular flexibility index (Phi) is 4.36. The molecular weight excluding hydrogens is 264 g/mol. The molecule has 2 aromatic rings. The summed E-state index contributed by atoms with van der Waals surface area (Å²) in [6.45, 7) is 1.91. The number of hydrogen-bond acceptors (Lipinski definition) is 3. The second-order valence-corrected chi connectivity index (χ2v) is 5.84. The predicted molar refractivity (Wildman–Crippen MR) is 84.3 cm³/mol. The minimum absolute atomic E-state index is 0.0153. The van der Waals surface area contributed by atoms with Gasteiger partial charge in [0.05, 0.1) is 0 Å². The van der Waals surface area contributed by atoms with Crippen molar-refractivity contribution in [3.8, 4) is 0 Å². The molecule has 0 unspecified atom stereocenters. The molecule has 3 rings (SSSR count). The fourth-order valence-electron chi connectivity index (χ4n) is 2.79. The Balaban J connectivity index is 1.78. The van der Waals surface area contributed by atoms with E-state index in [4.69, 9.17) is 5.11 Å². The molecule has 1 fully saturated rings. The molecule has 1 aromatic heterocycles. The lowest BCUT2D eigenvalue weighted by Gasteiger charge is -2.21. The summed E-state index contributed by atoms with van der Waals surface area (Å²) in [5.41, 5.74) is 1.75. The van der Waals surface area contributed by atoms with E-state index in [1.54, 1.807) is 0 Å². The highest BCUT2D eigenvalue weighted by Crippen LogP contribution is 2.28. The van der Waals surface area contributed by atoms with Crippen LogP contribution in [0.2, 0.25) is 0 Å². The number of nitrogens with zero attached hydrogens (tertiary/aromatic N) is 1. The molecule has 21 heavy (non-hydrogen) atoms. The van der Waals surface area contributed by atoms with Crippen molar-refractivity contribution in [2.75, 3.05) is 13.2 Å². The summed E-state index contributed by atoms with van der Waals surface area (Å²) in [6.07, 6.45) is 4.27. The second-order valence-electron chi connectivity index (χ2n) is 5.84. The normalized spacial score (nSPS) is 15.0. The lowest BCUT2D eigenvalue weighted by Crippen LogP contribution is -2.30. The molecule has 2 N–H and O–H groups in total. The molecule has 0 bridgehead atoms. The van der Waals surface area contributed by atoms with Gasteiger partial charge in [0.15, 0.2) is 0 Å². The van der Waals surface area contributed by atoms with Gasteiger partial charge in [-0.05, 0) is 49.7 Å². The number of unbranched alkanes of at least 4 members (excludes halogenated alkanes) is 1. The number of aliphatic hydroxyl groups excluding tert-OH is 1. The van der Waals surface area contributed by atoms with Gasteiger partial charge >= 0.3 is 0 Å². The van der Waals surface area contributed by atoms with Crippen LogP contribution in [-0.2, 0) is 6.54 Å². The van der Waals surface area contributed by atoms with E-state index in [0.717, 1.165) is 35.9 Å². The van der Waals surface area contributed by atoms with Crippen LogP contribution in [0.4, 0.5) is 0 Å².